The highest BCUT2D eigenvalue weighted by molar-refractivity contribution is 5.80. The molecule has 0 heterocycles. The van der Waals surface area contributed by atoms with E-state index in [9.17, 15) is 9.59 Å². The smallest absolute Gasteiger partial charge is 0.312 e. The molecule has 0 N–H and O–H groups in total. The molecule has 3 fully saturated rings. The summed E-state index contributed by atoms with van der Waals surface area (Å²) in [5, 5.41) is 0. The van der Waals surface area contributed by atoms with E-state index in [1.807, 2.05) is 27.7 Å². The van der Waals surface area contributed by atoms with Crippen molar-refractivity contribution in [1.29, 1.82) is 0 Å². The number of hydrogen-bond acceptors (Lipinski definition) is 4. The van der Waals surface area contributed by atoms with Gasteiger partial charge in [0.05, 0.1) is 10.8 Å². The predicted octanol–water partition coefficient (Wildman–Crippen LogP) is 6.45. The summed E-state index contributed by atoms with van der Waals surface area (Å²) in [5.74, 6) is 1.68. The second-order valence-electron chi connectivity index (χ2n) is 11.4. The quantitative estimate of drug-likeness (QED) is 0.444. The molecule has 3 saturated carbocycles. The molecule has 4 heteroatoms. The van der Waals surface area contributed by atoms with Gasteiger partial charge in [0.1, 0.15) is 12.2 Å². The molecule has 5 unspecified atom stereocenters. The zero-order valence-corrected chi connectivity index (χ0v) is 20.0. The van der Waals surface area contributed by atoms with Gasteiger partial charge in [-0.2, -0.15) is 0 Å². The molecule has 0 amide bonds. The standard InChI is InChI=1S/C26H44O4/c1-6-26(5,24(28)29-20-12-8-7-9-13-20)17-25(3,4)23(27)30-22-16-15-19-11-10-14-21(22)18(19)2/h18-22H,6-17H2,1-5H3. The molecule has 0 spiro atoms. The Morgan fingerprint density at radius 1 is 0.833 bits per heavy atom. The van der Waals surface area contributed by atoms with Crippen molar-refractivity contribution in [2.75, 3.05) is 0 Å². The lowest BCUT2D eigenvalue weighted by atomic mass is 9.64. The van der Waals surface area contributed by atoms with Crippen LogP contribution in [0.15, 0.2) is 0 Å². The maximum Gasteiger partial charge on any atom is 0.312 e. The second-order valence-corrected chi connectivity index (χ2v) is 11.4. The summed E-state index contributed by atoms with van der Waals surface area (Å²) in [6.45, 7) is 10.2. The SMILES string of the molecule is CCC(C)(CC(C)(C)C(=O)OC1CCC2CCCC1C2C)C(=O)OC1CCCCC1. The fraction of sp³-hybridized carbons (Fsp3) is 0.923. The Labute approximate surface area is 183 Å². The van der Waals surface area contributed by atoms with Crippen molar-refractivity contribution < 1.29 is 19.1 Å². The van der Waals surface area contributed by atoms with E-state index in [2.05, 4.69) is 6.92 Å². The molecule has 5 atom stereocenters. The van der Waals surface area contributed by atoms with Gasteiger partial charge in [-0.05, 0) is 96.3 Å². The zero-order chi connectivity index (χ0) is 21.9. The van der Waals surface area contributed by atoms with E-state index >= 15 is 0 Å². The van der Waals surface area contributed by atoms with Crippen LogP contribution >= 0.6 is 0 Å². The molecule has 0 aromatic heterocycles. The fourth-order valence-corrected chi connectivity index (χ4v) is 6.32. The van der Waals surface area contributed by atoms with Gasteiger partial charge >= 0.3 is 11.9 Å². The van der Waals surface area contributed by atoms with Crippen molar-refractivity contribution in [1.82, 2.24) is 0 Å². The molecule has 30 heavy (non-hydrogen) atoms. The van der Waals surface area contributed by atoms with Crippen molar-refractivity contribution in [3.8, 4) is 0 Å². The van der Waals surface area contributed by atoms with Crippen LogP contribution in [0.2, 0.25) is 0 Å². The molecule has 4 nitrogen and oxygen atoms in total. The zero-order valence-electron chi connectivity index (χ0n) is 20.0. The van der Waals surface area contributed by atoms with Gasteiger partial charge in [-0.25, -0.2) is 0 Å². The number of rotatable bonds is 7. The first kappa shape index (κ1) is 23.6. The molecular weight excluding hydrogens is 376 g/mol. The normalized spacial score (nSPS) is 32.2. The van der Waals surface area contributed by atoms with Crippen molar-refractivity contribution in [2.45, 2.75) is 124 Å². The summed E-state index contributed by atoms with van der Waals surface area (Å²) in [7, 11) is 0. The highest BCUT2D eigenvalue weighted by Gasteiger charge is 2.46. The fourth-order valence-electron chi connectivity index (χ4n) is 6.32. The summed E-state index contributed by atoms with van der Waals surface area (Å²) in [4.78, 5) is 26.3. The van der Waals surface area contributed by atoms with Crippen LogP contribution in [-0.4, -0.2) is 24.1 Å². The number of fused-ring (bicyclic) bond motifs is 2. The topological polar surface area (TPSA) is 52.6 Å². The first-order chi connectivity index (χ1) is 14.2. The molecule has 0 saturated heterocycles. The average molecular weight is 421 g/mol. The minimum Gasteiger partial charge on any atom is -0.462 e. The van der Waals surface area contributed by atoms with E-state index in [-0.39, 0.29) is 24.1 Å². The van der Waals surface area contributed by atoms with Crippen molar-refractivity contribution in [3.05, 3.63) is 0 Å². The van der Waals surface area contributed by atoms with Crippen LogP contribution in [0, 0.1) is 28.6 Å². The highest BCUT2D eigenvalue weighted by Crippen LogP contribution is 2.46. The molecule has 172 valence electrons. The van der Waals surface area contributed by atoms with Gasteiger partial charge in [0.2, 0.25) is 0 Å². The summed E-state index contributed by atoms with van der Waals surface area (Å²) in [5.41, 5.74) is -1.36. The Bertz CT molecular complexity index is 606. The maximum atomic E-state index is 13.2. The Morgan fingerprint density at radius 3 is 2.20 bits per heavy atom. The van der Waals surface area contributed by atoms with E-state index in [4.69, 9.17) is 9.47 Å². The van der Waals surface area contributed by atoms with Gasteiger partial charge in [-0.1, -0.05) is 33.1 Å². The van der Waals surface area contributed by atoms with Gasteiger partial charge < -0.3 is 9.47 Å². The predicted molar refractivity (Wildman–Crippen MR) is 119 cm³/mol. The second kappa shape index (κ2) is 9.61. The monoisotopic (exact) mass is 420 g/mol. The third-order valence-corrected chi connectivity index (χ3v) is 8.57. The lowest BCUT2D eigenvalue weighted by Crippen LogP contribution is -2.45. The van der Waals surface area contributed by atoms with E-state index in [1.165, 1.54) is 32.1 Å². The molecular formula is C26H44O4. The first-order valence-electron chi connectivity index (χ1n) is 12.6. The lowest BCUT2D eigenvalue weighted by molar-refractivity contribution is -0.174. The number of esters is 2. The van der Waals surface area contributed by atoms with Gasteiger partial charge in [-0.15, -0.1) is 0 Å². The molecule has 3 rings (SSSR count). The van der Waals surface area contributed by atoms with Crippen LogP contribution in [-0.2, 0) is 19.1 Å². The third-order valence-electron chi connectivity index (χ3n) is 8.57. The van der Waals surface area contributed by atoms with E-state index in [1.54, 1.807) is 0 Å². The molecule has 3 aliphatic carbocycles. The minimum atomic E-state index is -0.703. The third kappa shape index (κ3) is 5.22. The molecule has 0 aromatic rings. The van der Waals surface area contributed by atoms with E-state index in [0.29, 0.717) is 24.7 Å². The average Bonchev–Trinajstić information content (AvgIpc) is 2.70. The largest absolute Gasteiger partial charge is 0.462 e. The Hall–Kier alpha value is -1.06. The van der Waals surface area contributed by atoms with Gasteiger partial charge in [-0.3, -0.25) is 9.59 Å². The first-order valence-corrected chi connectivity index (χ1v) is 12.6. The lowest BCUT2D eigenvalue weighted by Gasteiger charge is -2.45. The van der Waals surface area contributed by atoms with Gasteiger partial charge in [0, 0.05) is 0 Å². The number of ether oxygens (including phenoxy) is 2. The van der Waals surface area contributed by atoms with Crippen molar-refractivity contribution in [3.63, 3.8) is 0 Å². The Balaban J connectivity index is 1.61. The van der Waals surface area contributed by atoms with Crippen molar-refractivity contribution >= 4 is 11.9 Å². The van der Waals surface area contributed by atoms with Crippen molar-refractivity contribution in [2.24, 2.45) is 28.6 Å². The summed E-state index contributed by atoms with van der Waals surface area (Å²) >= 11 is 0. The molecule has 0 aromatic carbocycles. The van der Waals surface area contributed by atoms with Crippen LogP contribution in [0.5, 0.6) is 0 Å². The molecule has 3 aliphatic rings. The van der Waals surface area contributed by atoms with E-state index < -0.39 is 10.8 Å². The molecule has 0 aliphatic heterocycles. The number of hydrogen-bond donors (Lipinski definition) is 0. The van der Waals surface area contributed by atoms with Crippen LogP contribution < -0.4 is 0 Å². The Kier molecular flexibility index (Phi) is 7.56. The summed E-state index contributed by atoms with van der Waals surface area (Å²) in [6.07, 6.45) is 12.6. The van der Waals surface area contributed by atoms with Crippen LogP contribution in [0.4, 0.5) is 0 Å². The van der Waals surface area contributed by atoms with Crippen LogP contribution in [0.25, 0.3) is 0 Å². The maximum absolute atomic E-state index is 13.2. The number of carbonyl (C=O) groups excluding carboxylic acids is 2. The van der Waals surface area contributed by atoms with E-state index in [0.717, 1.165) is 38.0 Å². The minimum absolute atomic E-state index is 0.0467. The number of carbonyl (C=O) groups is 2. The Morgan fingerprint density at radius 2 is 1.53 bits per heavy atom. The van der Waals surface area contributed by atoms with Gasteiger partial charge in [0.25, 0.3) is 0 Å². The van der Waals surface area contributed by atoms with Crippen LogP contribution in [0.3, 0.4) is 0 Å². The highest BCUT2D eigenvalue weighted by atomic mass is 16.6. The van der Waals surface area contributed by atoms with Gasteiger partial charge in [0.15, 0.2) is 0 Å². The van der Waals surface area contributed by atoms with Crippen LogP contribution in [0.1, 0.15) is 112 Å². The summed E-state index contributed by atoms with van der Waals surface area (Å²) < 4.78 is 12.0. The molecule has 0 radical (unpaired) electrons. The molecule has 2 bridgehead atoms. The summed E-state index contributed by atoms with van der Waals surface area (Å²) in [6, 6.07) is 0.